The van der Waals surface area contributed by atoms with Crippen LogP contribution in [0.2, 0.25) is 0 Å². The average Bonchev–Trinajstić information content (AvgIpc) is 1.06. The van der Waals surface area contributed by atoms with Gasteiger partial charge in [-0.05, 0) is 116 Å². The van der Waals surface area contributed by atoms with Crippen LogP contribution >= 0.6 is 15.6 Å². The molecule has 0 aliphatic rings. The predicted octanol–water partition coefficient (Wildman–Crippen LogP) is 23.0. The normalized spacial score (nSPS) is 14.3. The smallest absolute Gasteiger partial charge is 0.462 e. The van der Waals surface area contributed by atoms with Gasteiger partial charge in [-0.15, -0.1) is 0 Å². The lowest BCUT2D eigenvalue weighted by molar-refractivity contribution is -0.161. The first kappa shape index (κ1) is 96.2. The molecule has 0 rings (SSSR count). The number of ether oxygens (including phenoxy) is 4. The molecule has 0 aliphatic carbocycles. The molecule has 19 heteroatoms. The van der Waals surface area contributed by atoms with Crippen LogP contribution in [-0.2, 0) is 65.4 Å². The molecule has 5 unspecified atom stereocenters. The van der Waals surface area contributed by atoms with E-state index in [2.05, 4.69) is 113 Å². The minimum Gasteiger partial charge on any atom is -0.462 e. The zero-order chi connectivity index (χ0) is 73.2. The Morgan fingerprint density at radius 3 is 0.810 bits per heavy atom. The van der Waals surface area contributed by atoms with Crippen molar-refractivity contribution in [3.05, 3.63) is 85.1 Å². The second-order valence-electron chi connectivity index (χ2n) is 26.6. The van der Waals surface area contributed by atoms with Gasteiger partial charge in [-0.3, -0.25) is 37.3 Å². The van der Waals surface area contributed by atoms with Gasteiger partial charge in [-0.1, -0.05) is 293 Å². The summed E-state index contributed by atoms with van der Waals surface area (Å²) in [4.78, 5) is 73.0. The Kier molecular flexibility index (Phi) is 70.8. The molecule has 0 heterocycles. The highest BCUT2D eigenvalue weighted by atomic mass is 31.2. The molecule has 17 nitrogen and oxygen atoms in total. The van der Waals surface area contributed by atoms with Crippen molar-refractivity contribution in [2.24, 2.45) is 0 Å². The molecule has 0 aromatic carbocycles. The Morgan fingerprint density at radius 2 is 0.520 bits per heavy atom. The van der Waals surface area contributed by atoms with Crippen molar-refractivity contribution in [1.82, 2.24) is 0 Å². The average molecular weight is 1450 g/mol. The molecule has 0 saturated carbocycles. The van der Waals surface area contributed by atoms with Crippen LogP contribution in [0.4, 0.5) is 0 Å². The molecule has 3 N–H and O–H groups in total. The lowest BCUT2D eigenvalue weighted by atomic mass is 10.0. The van der Waals surface area contributed by atoms with Gasteiger partial charge in [0.15, 0.2) is 12.2 Å². The number of carbonyl (C=O) groups excluding carboxylic acids is 4. The molecule has 5 atom stereocenters. The standard InChI is InChI=1S/C81H144O17P2/c1-5-9-13-17-21-25-29-33-36-37-40-43-46-50-54-58-62-66-79(84)92-72-77(98-81(86)68-64-60-56-52-48-44-39-35-31-27-23-19-15-11-7-3)74-96-100(89,90)94-70-75(82)69-93-99(87,88)95-73-76(97-80(85)67-63-59-55-51-47-41-32-28-24-20-16-12-8-4)71-91-78(83)65-61-57-53-49-45-42-38-34-30-26-22-18-14-10-6-2/h9,11,13,15,21,23,25,27,33-36,38-39,75-77,82H,5-8,10,12,14,16-20,22,24,26,28-32,37,40-74H2,1-4H3,(H,87,88)(H,89,90)/b13-9-,15-11-,25-21-,27-23-,36-33-,38-34-,39-35-. The summed E-state index contributed by atoms with van der Waals surface area (Å²) in [6.45, 7) is 4.66. The Morgan fingerprint density at radius 1 is 0.290 bits per heavy atom. The number of esters is 4. The monoisotopic (exact) mass is 1450 g/mol. The van der Waals surface area contributed by atoms with E-state index in [0.29, 0.717) is 25.7 Å². The first-order valence-corrected chi connectivity index (χ1v) is 42.8. The van der Waals surface area contributed by atoms with Crippen molar-refractivity contribution in [2.75, 3.05) is 39.6 Å². The highest BCUT2D eigenvalue weighted by Crippen LogP contribution is 2.45. The summed E-state index contributed by atoms with van der Waals surface area (Å²) in [6.07, 6.45) is 75.6. The van der Waals surface area contributed by atoms with Gasteiger partial charge in [0.1, 0.15) is 19.3 Å². The van der Waals surface area contributed by atoms with Crippen molar-refractivity contribution < 1.29 is 80.2 Å². The molecule has 0 aromatic rings. The van der Waals surface area contributed by atoms with Crippen molar-refractivity contribution in [3.8, 4) is 0 Å². The minimum absolute atomic E-state index is 0.0742. The van der Waals surface area contributed by atoms with Crippen LogP contribution in [0, 0.1) is 0 Å². The number of phosphoric ester groups is 2. The lowest BCUT2D eigenvalue weighted by Gasteiger charge is -2.21. The van der Waals surface area contributed by atoms with Crippen LogP contribution in [0.5, 0.6) is 0 Å². The third-order valence-electron chi connectivity index (χ3n) is 16.9. The van der Waals surface area contributed by atoms with E-state index in [1.165, 1.54) is 89.9 Å². The van der Waals surface area contributed by atoms with E-state index in [4.69, 9.17) is 37.0 Å². The zero-order valence-corrected chi connectivity index (χ0v) is 65.2. The van der Waals surface area contributed by atoms with Gasteiger partial charge in [0.2, 0.25) is 0 Å². The highest BCUT2D eigenvalue weighted by molar-refractivity contribution is 7.47. The van der Waals surface area contributed by atoms with E-state index in [0.717, 1.165) is 180 Å². The maximum Gasteiger partial charge on any atom is 0.472 e. The largest absolute Gasteiger partial charge is 0.472 e. The van der Waals surface area contributed by atoms with Crippen LogP contribution in [-0.4, -0.2) is 96.7 Å². The van der Waals surface area contributed by atoms with Gasteiger partial charge < -0.3 is 33.8 Å². The molecule has 0 amide bonds. The molecule has 0 aliphatic heterocycles. The van der Waals surface area contributed by atoms with Gasteiger partial charge in [-0.2, -0.15) is 0 Å². The van der Waals surface area contributed by atoms with Crippen LogP contribution in [0.15, 0.2) is 85.1 Å². The first-order valence-electron chi connectivity index (χ1n) is 39.8. The molecular formula is C81H144O17P2. The molecule has 0 spiro atoms. The molecule has 0 saturated heterocycles. The van der Waals surface area contributed by atoms with E-state index in [1.807, 2.05) is 0 Å². The maximum absolute atomic E-state index is 13.1. The Labute approximate surface area is 608 Å². The van der Waals surface area contributed by atoms with Gasteiger partial charge >= 0.3 is 39.5 Å². The fourth-order valence-corrected chi connectivity index (χ4v) is 12.4. The summed E-state index contributed by atoms with van der Waals surface area (Å²) in [6, 6.07) is 0. The fourth-order valence-electron chi connectivity index (χ4n) is 10.8. The third kappa shape index (κ3) is 72.6. The predicted molar refractivity (Wildman–Crippen MR) is 409 cm³/mol. The van der Waals surface area contributed by atoms with Crippen LogP contribution < -0.4 is 0 Å². The summed E-state index contributed by atoms with van der Waals surface area (Å²) in [5, 5.41) is 10.6. The van der Waals surface area contributed by atoms with Crippen molar-refractivity contribution in [3.63, 3.8) is 0 Å². The van der Waals surface area contributed by atoms with Gasteiger partial charge in [0.05, 0.1) is 26.4 Å². The summed E-state index contributed by atoms with van der Waals surface area (Å²) < 4.78 is 68.6. The number of carbonyl (C=O) groups is 4. The molecule has 100 heavy (non-hydrogen) atoms. The molecule has 0 aromatic heterocycles. The molecule has 580 valence electrons. The van der Waals surface area contributed by atoms with E-state index in [9.17, 15) is 43.2 Å². The second-order valence-corrected chi connectivity index (χ2v) is 29.5. The highest BCUT2D eigenvalue weighted by Gasteiger charge is 2.30. The van der Waals surface area contributed by atoms with Crippen LogP contribution in [0.3, 0.4) is 0 Å². The van der Waals surface area contributed by atoms with E-state index < -0.39 is 97.5 Å². The SMILES string of the molecule is CC/C=C\C/C=C\C/C=C\CCCCCCCCCC(=O)OCC(COP(=O)(O)OCC(O)COP(=O)(O)OCC(COC(=O)CCCCCCC/C=C\CCCCCCCC)OC(=O)CCCCCCCCCCCCCCC)OC(=O)CCCCCCC/C=C\C/C=C\C/C=C\CC. The quantitative estimate of drug-likeness (QED) is 0.0169. The Hall–Kier alpha value is -3.76. The Balaban J connectivity index is 5.35. The first-order chi connectivity index (χ1) is 48.7. The number of unbranched alkanes of at least 4 members (excludes halogenated alkanes) is 35. The summed E-state index contributed by atoms with van der Waals surface area (Å²) in [7, 11) is -9.95. The topological polar surface area (TPSA) is 237 Å². The van der Waals surface area contributed by atoms with Crippen LogP contribution in [0.25, 0.3) is 0 Å². The van der Waals surface area contributed by atoms with Gasteiger partial charge in [-0.25, -0.2) is 9.13 Å². The fraction of sp³-hybridized carbons (Fsp3) is 0.778. The second kappa shape index (κ2) is 73.5. The Bertz CT molecular complexity index is 2230. The van der Waals surface area contributed by atoms with Crippen molar-refractivity contribution >= 4 is 39.5 Å². The third-order valence-corrected chi connectivity index (χ3v) is 18.8. The molecule has 0 bridgehead atoms. The van der Waals surface area contributed by atoms with Crippen molar-refractivity contribution in [2.45, 2.75) is 367 Å². The minimum atomic E-state index is -4.98. The van der Waals surface area contributed by atoms with Gasteiger partial charge in [0, 0.05) is 25.7 Å². The number of aliphatic hydroxyl groups is 1. The summed E-state index contributed by atoms with van der Waals surface area (Å²) in [5.74, 6) is -2.19. The number of hydrogen-bond acceptors (Lipinski definition) is 15. The summed E-state index contributed by atoms with van der Waals surface area (Å²) >= 11 is 0. The maximum atomic E-state index is 13.1. The molecule has 0 radical (unpaired) electrons. The lowest BCUT2D eigenvalue weighted by Crippen LogP contribution is -2.30. The van der Waals surface area contributed by atoms with E-state index >= 15 is 0 Å². The van der Waals surface area contributed by atoms with Crippen LogP contribution in [0.1, 0.15) is 349 Å². The summed E-state index contributed by atoms with van der Waals surface area (Å²) in [5.41, 5.74) is 0. The number of aliphatic hydroxyl groups excluding tert-OH is 1. The molecule has 0 fully saturated rings. The van der Waals surface area contributed by atoms with E-state index in [1.54, 1.807) is 0 Å². The number of rotatable bonds is 75. The van der Waals surface area contributed by atoms with E-state index in [-0.39, 0.29) is 25.7 Å². The molecular weight excluding hydrogens is 1310 g/mol. The number of allylic oxidation sites excluding steroid dienone is 14. The van der Waals surface area contributed by atoms with Gasteiger partial charge in [0.25, 0.3) is 0 Å². The zero-order valence-electron chi connectivity index (χ0n) is 63.4. The van der Waals surface area contributed by atoms with Crippen molar-refractivity contribution in [1.29, 1.82) is 0 Å². The number of hydrogen-bond donors (Lipinski definition) is 3. The number of phosphoric acid groups is 2.